The van der Waals surface area contributed by atoms with Crippen LogP contribution in [0.15, 0.2) is 48.8 Å². The van der Waals surface area contributed by atoms with E-state index in [0.29, 0.717) is 0 Å². The van der Waals surface area contributed by atoms with Gasteiger partial charge in [0.25, 0.3) is 0 Å². The van der Waals surface area contributed by atoms with Crippen LogP contribution in [-0.2, 0) is 6.42 Å². The van der Waals surface area contributed by atoms with Gasteiger partial charge in [0, 0.05) is 5.70 Å². The van der Waals surface area contributed by atoms with Gasteiger partial charge in [0.05, 0.1) is 0 Å². The number of hydrogen-bond donors (Lipinski definition) is 1. The second kappa shape index (κ2) is 6.89. The Morgan fingerprint density at radius 3 is 2.62 bits per heavy atom. The molecule has 1 heteroatoms. The molecular weight excluding hydrogens is 194 g/mol. The summed E-state index contributed by atoms with van der Waals surface area (Å²) < 4.78 is 0. The van der Waals surface area contributed by atoms with Crippen LogP contribution in [0, 0.1) is 6.92 Å². The van der Waals surface area contributed by atoms with Gasteiger partial charge in [0.1, 0.15) is 0 Å². The summed E-state index contributed by atoms with van der Waals surface area (Å²) in [6.45, 7) is 8.23. The van der Waals surface area contributed by atoms with Crippen molar-refractivity contribution in [2.24, 2.45) is 0 Å². The van der Waals surface area contributed by atoms with Crippen LogP contribution in [0.4, 0.5) is 0 Å². The summed E-state index contributed by atoms with van der Waals surface area (Å²) in [6, 6.07) is 8.68. The average molecular weight is 215 g/mol. The van der Waals surface area contributed by atoms with E-state index in [1.54, 1.807) is 0 Å². The molecular formula is C15H21N. The van der Waals surface area contributed by atoms with E-state index in [0.717, 1.165) is 25.0 Å². The molecule has 0 saturated heterocycles. The van der Waals surface area contributed by atoms with Crippen LogP contribution in [0.1, 0.15) is 30.9 Å². The van der Waals surface area contributed by atoms with Gasteiger partial charge in [0.2, 0.25) is 0 Å². The lowest BCUT2D eigenvalue weighted by Crippen LogP contribution is -2.04. The summed E-state index contributed by atoms with van der Waals surface area (Å²) in [4.78, 5) is 0. The third-order valence-electron chi connectivity index (χ3n) is 2.48. The van der Waals surface area contributed by atoms with Crippen LogP contribution in [0.3, 0.4) is 0 Å². The zero-order valence-corrected chi connectivity index (χ0v) is 10.3. The molecule has 1 rings (SSSR count). The summed E-state index contributed by atoms with van der Waals surface area (Å²) in [5.41, 5.74) is 3.75. The highest BCUT2D eigenvalue weighted by atomic mass is 14.8. The summed E-state index contributed by atoms with van der Waals surface area (Å²) in [5.74, 6) is 0. The Bertz CT molecular complexity index is 346. The number of benzene rings is 1. The number of aryl methyl sites for hydroxylation is 2. The van der Waals surface area contributed by atoms with E-state index >= 15 is 0 Å². The van der Waals surface area contributed by atoms with Crippen molar-refractivity contribution in [3.63, 3.8) is 0 Å². The van der Waals surface area contributed by atoms with E-state index in [9.17, 15) is 0 Å². The lowest BCUT2D eigenvalue weighted by Gasteiger charge is -2.05. The standard InChI is InChI=1S/C15H21N/c1-4-5-12-16-14(3)8-11-15-9-6-13(2)7-10-15/h5-7,9-10,12,16H,3-4,8,11H2,1-2H3/b12-5-. The van der Waals surface area contributed by atoms with Gasteiger partial charge in [-0.3, -0.25) is 0 Å². The van der Waals surface area contributed by atoms with Crippen molar-refractivity contribution < 1.29 is 0 Å². The second-order valence-electron chi connectivity index (χ2n) is 4.04. The van der Waals surface area contributed by atoms with E-state index in [1.165, 1.54) is 11.1 Å². The molecule has 86 valence electrons. The highest BCUT2D eigenvalue weighted by molar-refractivity contribution is 5.22. The van der Waals surface area contributed by atoms with Gasteiger partial charge in [-0.2, -0.15) is 0 Å². The first-order valence-corrected chi connectivity index (χ1v) is 5.87. The normalized spacial score (nSPS) is 10.6. The van der Waals surface area contributed by atoms with Crippen molar-refractivity contribution in [2.75, 3.05) is 0 Å². The third-order valence-corrected chi connectivity index (χ3v) is 2.48. The Balaban J connectivity index is 2.31. The molecule has 1 nitrogen and oxygen atoms in total. The monoisotopic (exact) mass is 215 g/mol. The third kappa shape index (κ3) is 4.83. The van der Waals surface area contributed by atoms with Crippen molar-refractivity contribution in [3.05, 3.63) is 59.9 Å². The average Bonchev–Trinajstić information content (AvgIpc) is 2.29. The predicted molar refractivity (Wildman–Crippen MR) is 71.2 cm³/mol. The number of rotatable bonds is 6. The first-order valence-electron chi connectivity index (χ1n) is 5.87. The fourth-order valence-electron chi connectivity index (χ4n) is 1.42. The van der Waals surface area contributed by atoms with Crippen molar-refractivity contribution in [1.29, 1.82) is 0 Å². The van der Waals surface area contributed by atoms with Gasteiger partial charge in [0.15, 0.2) is 0 Å². The van der Waals surface area contributed by atoms with Crippen molar-refractivity contribution in [3.8, 4) is 0 Å². The zero-order chi connectivity index (χ0) is 11.8. The summed E-state index contributed by atoms with van der Waals surface area (Å²) in [5, 5.41) is 3.19. The molecule has 0 aliphatic carbocycles. The van der Waals surface area contributed by atoms with E-state index in [2.05, 4.69) is 56.1 Å². The smallest absolute Gasteiger partial charge is 0.00765 e. The Morgan fingerprint density at radius 1 is 1.31 bits per heavy atom. The molecule has 0 aromatic heterocycles. The molecule has 0 atom stereocenters. The number of hydrogen-bond acceptors (Lipinski definition) is 1. The minimum absolute atomic E-state index is 0.983. The van der Waals surface area contributed by atoms with Crippen molar-refractivity contribution >= 4 is 0 Å². The lowest BCUT2D eigenvalue weighted by atomic mass is 10.1. The second-order valence-corrected chi connectivity index (χ2v) is 4.04. The predicted octanol–water partition coefficient (Wildman–Crippen LogP) is 3.95. The molecule has 0 bridgehead atoms. The maximum Gasteiger partial charge on any atom is 0.00765 e. The Hall–Kier alpha value is -1.50. The first kappa shape index (κ1) is 12.6. The SMILES string of the molecule is C=C(CCc1ccc(C)cc1)N/C=C\CC. The quantitative estimate of drug-likeness (QED) is 0.757. The fraction of sp³-hybridized carbons (Fsp3) is 0.333. The molecule has 0 unspecified atom stereocenters. The summed E-state index contributed by atoms with van der Waals surface area (Å²) >= 11 is 0. The Morgan fingerprint density at radius 2 is 2.00 bits per heavy atom. The van der Waals surface area contributed by atoms with Crippen LogP contribution in [0.5, 0.6) is 0 Å². The molecule has 0 fully saturated rings. The highest BCUT2D eigenvalue weighted by Crippen LogP contribution is 2.08. The first-order chi connectivity index (χ1) is 7.72. The van der Waals surface area contributed by atoms with Gasteiger partial charge < -0.3 is 5.32 Å². The molecule has 0 heterocycles. The van der Waals surface area contributed by atoms with Gasteiger partial charge in [-0.05, 0) is 37.9 Å². The Kier molecular flexibility index (Phi) is 5.41. The van der Waals surface area contributed by atoms with E-state index < -0.39 is 0 Å². The Labute approximate surface area is 98.9 Å². The molecule has 0 amide bonds. The molecule has 0 spiro atoms. The van der Waals surface area contributed by atoms with Crippen molar-refractivity contribution in [2.45, 2.75) is 33.1 Å². The minimum atomic E-state index is 0.983. The zero-order valence-electron chi connectivity index (χ0n) is 10.3. The lowest BCUT2D eigenvalue weighted by molar-refractivity contribution is 0.865. The molecule has 0 aliphatic heterocycles. The fourth-order valence-corrected chi connectivity index (χ4v) is 1.42. The van der Waals surface area contributed by atoms with Gasteiger partial charge >= 0.3 is 0 Å². The van der Waals surface area contributed by atoms with E-state index in [-0.39, 0.29) is 0 Å². The van der Waals surface area contributed by atoms with Crippen LogP contribution < -0.4 is 5.32 Å². The van der Waals surface area contributed by atoms with Gasteiger partial charge in [-0.1, -0.05) is 49.4 Å². The van der Waals surface area contributed by atoms with Gasteiger partial charge in [-0.25, -0.2) is 0 Å². The summed E-state index contributed by atoms with van der Waals surface area (Å²) in [6.07, 6.45) is 7.15. The molecule has 0 radical (unpaired) electrons. The topological polar surface area (TPSA) is 12.0 Å². The van der Waals surface area contributed by atoms with Crippen molar-refractivity contribution in [1.82, 2.24) is 5.32 Å². The maximum absolute atomic E-state index is 4.00. The molecule has 0 aliphatic rings. The van der Waals surface area contributed by atoms with E-state index in [1.807, 2.05) is 6.20 Å². The molecule has 16 heavy (non-hydrogen) atoms. The van der Waals surface area contributed by atoms with Crippen LogP contribution in [0.2, 0.25) is 0 Å². The number of nitrogens with one attached hydrogen (secondary N) is 1. The molecule has 1 aromatic carbocycles. The van der Waals surface area contributed by atoms with Crippen LogP contribution in [0.25, 0.3) is 0 Å². The number of allylic oxidation sites excluding steroid dienone is 2. The van der Waals surface area contributed by atoms with Gasteiger partial charge in [-0.15, -0.1) is 0 Å². The summed E-state index contributed by atoms with van der Waals surface area (Å²) in [7, 11) is 0. The van der Waals surface area contributed by atoms with Crippen LogP contribution in [-0.4, -0.2) is 0 Å². The molecule has 1 aromatic rings. The largest absolute Gasteiger partial charge is 0.366 e. The maximum atomic E-state index is 4.00. The highest BCUT2D eigenvalue weighted by Gasteiger charge is 1.95. The van der Waals surface area contributed by atoms with Crippen LogP contribution >= 0.6 is 0 Å². The minimum Gasteiger partial charge on any atom is -0.366 e. The van der Waals surface area contributed by atoms with E-state index in [4.69, 9.17) is 0 Å². The molecule has 0 saturated carbocycles. The molecule has 1 N–H and O–H groups in total.